The summed E-state index contributed by atoms with van der Waals surface area (Å²) in [5.74, 6) is 0.837. The molecule has 1 N–H and O–H groups in total. The number of rotatable bonds is 10. The number of ether oxygens (including phenoxy) is 1. The SMILES string of the molecule is CCCOc1ccc(-c2nn3c(-c4ccccc4)cc(-c4cc(Cl)ccc4O)nc3c2CC(=O)N(CC)CC)cc1. The standard InChI is InChI=1S/C33H33ClN4O3/c1-4-18-41-25-15-12-23(13-16-25)32-27(20-31(40)37(5-2)6-3)33-35-28(26-19-24(34)14-17-30(26)39)21-29(38(33)36-32)22-10-8-7-9-11-22/h7-17,19,21,39H,4-6,18,20H2,1-3H3. The molecule has 0 radical (unpaired) electrons. The van der Waals surface area contributed by atoms with Crippen LogP contribution >= 0.6 is 11.6 Å². The van der Waals surface area contributed by atoms with Gasteiger partial charge in [0.15, 0.2) is 5.65 Å². The highest BCUT2D eigenvalue weighted by atomic mass is 35.5. The molecule has 8 heteroatoms. The lowest BCUT2D eigenvalue weighted by atomic mass is 10.0. The number of phenolic OH excluding ortho intramolecular Hbond substituents is 1. The van der Waals surface area contributed by atoms with E-state index in [9.17, 15) is 9.90 Å². The Labute approximate surface area is 245 Å². The summed E-state index contributed by atoms with van der Waals surface area (Å²) < 4.78 is 7.58. The molecular weight excluding hydrogens is 536 g/mol. The van der Waals surface area contributed by atoms with E-state index in [1.54, 1.807) is 27.6 Å². The van der Waals surface area contributed by atoms with Gasteiger partial charge in [-0.2, -0.15) is 5.10 Å². The first-order valence-corrected chi connectivity index (χ1v) is 14.3. The molecule has 0 saturated carbocycles. The molecule has 0 aliphatic heterocycles. The van der Waals surface area contributed by atoms with Crippen molar-refractivity contribution in [2.24, 2.45) is 0 Å². The first-order chi connectivity index (χ1) is 19.9. The smallest absolute Gasteiger partial charge is 0.227 e. The van der Waals surface area contributed by atoms with Crippen LogP contribution in [0.1, 0.15) is 32.8 Å². The van der Waals surface area contributed by atoms with E-state index in [1.165, 1.54) is 0 Å². The number of aromatic hydroxyl groups is 1. The highest BCUT2D eigenvalue weighted by Crippen LogP contribution is 2.36. The third kappa shape index (κ3) is 5.91. The molecule has 7 nitrogen and oxygen atoms in total. The number of likely N-dealkylation sites (N-methyl/N-ethyl adjacent to an activating group) is 1. The number of amides is 1. The van der Waals surface area contributed by atoms with Crippen molar-refractivity contribution in [3.63, 3.8) is 0 Å². The van der Waals surface area contributed by atoms with Gasteiger partial charge in [0.25, 0.3) is 0 Å². The average molecular weight is 569 g/mol. The van der Waals surface area contributed by atoms with Gasteiger partial charge in [-0.1, -0.05) is 48.9 Å². The highest BCUT2D eigenvalue weighted by molar-refractivity contribution is 6.31. The molecule has 0 fully saturated rings. The number of hydrogen-bond acceptors (Lipinski definition) is 5. The third-order valence-electron chi connectivity index (χ3n) is 7.03. The summed E-state index contributed by atoms with van der Waals surface area (Å²) in [6, 6.07) is 24.4. The van der Waals surface area contributed by atoms with Crippen molar-refractivity contribution >= 4 is 23.2 Å². The maximum absolute atomic E-state index is 13.5. The lowest BCUT2D eigenvalue weighted by Crippen LogP contribution is -2.31. The van der Waals surface area contributed by atoms with Crippen molar-refractivity contribution in [1.82, 2.24) is 19.5 Å². The highest BCUT2D eigenvalue weighted by Gasteiger charge is 2.24. The summed E-state index contributed by atoms with van der Waals surface area (Å²) in [7, 11) is 0. The van der Waals surface area contributed by atoms with Gasteiger partial charge in [0.2, 0.25) is 5.91 Å². The van der Waals surface area contributed by atoms with E-state index in [4.69, 9.17) is 26.4 Å². The zero-order chi connectivity index (χ0) is 28.9. The Morgan fingerprint density at radius 3 is 2.37 bits per heavy atom. The van der Waals surface area contributed by atoms with Crippen molar-refractivity contribution < 1.29 is 14.6 Å². The molecule has 0 aliphatic carbocycles. The topological polar surface area (TPSA) is 80.0 Å². The van der Waals surface area contributed by atoms with E-state index >= 15 is 0 Å². The molecule has 0 saturated heterocycles. The van der Waals surface area contributed by atoms with Gasteiger partial charge in [0.1, 0.15) is 11.5 Å². The monoisotopic (exact) mass is 568 g/mol. The van der Waals surface area contributed by atoms with Crippen molar-refractivity contribution in [2.75, 3.05) is 19.7 Å². The molecule has 5 rings (SSSR count). The van der Waals surface area contributed by atoms with Crippen molar-refractivity contribution in [3.05, 3.63) is 89.4 Å². The Bertz CT molecular complexity index is 1660. The molecule has 1 amide bonds. The average Bonchev–Trinajstić information content (AvgIpc) is 3.36. The fraction of sp³-hybridized carbons (Fsp3) is 0.242. The Hall–Kier alpha value is -4.36. The Kier molecular flexibility index (Phi) is 8.55. The minimum Gasteiger partial charge on any atom is -0.507 e. The number of carbonyl (C=O) groups is 1. The quantitative estimate of drug-likeness (QED) is 0.191. The van der Waals surface area contributed by atoms with Crippen LogP contribution in [-0.4, -0.2) is 50.2 Å². The number of nitrogens with zero attached hydrogens (tertiary/aromatic N) is 4. The molecule has 3 aromatic carbocycles. The van der Waals surface area contributed by atoms with Gasteiger partial charge in [-0.3, -0.25) is 4.79 Å². The first-order valence-electron chi connectivity index (χ1n) is 13.9. The number of carbonyl (C=O) groups excluding carboxylic acids is 1. The van der Waals surface area contributed by atoms with Gasteiger partial charge in [-0.25, -0.2) is 9.50 Å². The van der Waals surface area contributed by atoms with Crippen LogP contribution in [-0.2, 0) is 11.2 Å². The zero-order valence-electron chi connectivity index (χ0n) is 23.5. The Morgan fingerprint density at radius 1 is 0.951 bits per heavy atom. The largest absolute Gasteiger partial charge is 0.507 e. The lowest BCUT2D eigenvalue weighted by Gasteiger charge is -2.18. The number of fused-ring (bicyclic) bond motifs is 1. The number of halogens is 1. The summed E-state index contributed by atoms with van der Waals surface area (Å²) in [6.45, 7) is 7.87. The van der Waals surface area contributed by atoms with E-state index < -0.39 is 0 Å². The Balaban J connectivity index is 1.78. The van der Waals surface area contributed by atoms with E-state index in [0.717, 1.165) is 29.0 Å². The lowest BCUT2D eigenvalue weighted by molar-refractivity contribution is -0.130. The predicted molar refractivity (Wildman–Crippen MR) is 163 cm³/mol. The molecule has 5 aromatic rings. The van der Waals surface area contributed by atoms with Gasteiger partial charge in [0.05, 0.1) is 30.1 Å². The summed E-state index contributed by atoms with van der Waals surface area (Å²) in [6.07, 6.45) is 1.05. The first kappa shape index (κ1) is 28.2. The second kappa shape index (κ2) is 12.4. The summed E-state index contributed by atoms with van der Waals surface area (Å²) in [4.78, 5) is 20.3. The summed E-state index contributed by atoms with van der Waals surface area (Å²) in [5.41, 5.74) is 5.50. The van der Waals surface area contributed by atoms with E-state index in [-0.39, 0.29) is 18.1 Å². The maximum atomic E-state index is 13.5. The molecule has 41 heavy (non-hydrogen) atoms. The van der Waals surface area contributed by atoms with Crippen LogP contribution in [0.3, 0.4) is 0 Å². The van der Waals surface area contributed by atoms with E-state index in [2.05, 4.69) is 6.92 Å². The predicted octanol–water partition coefficient (Wildman–Crippen LogP) is 7.29. The van der Waals surface area contributed by atoms with Gasteiger partial charge in [0, 0.05) is 40.4 Å². The van der Waals surface area contributed by atoms with Crippen LogP contribution in [0.5, 0.6) is 11.5 Å². The van der Waals surface area contributed by atoms with Crippen LogP contribution in [0.25, 0.3) is 39.4 Å². The molecule has 0 atom stereocenters. The summed E-state index contributed by atoms with van der Waals surface area (Å²) >= 11 is 6.32. The fourth-order valence-corrected chi connectivity index (χ4v) is 5.06. The van der Waals surface area contributed by atoms with Gasteiger partial charge >= 0.3 is 0 Å². The number of benzene rings is 3. The van der Waals surface area contributed by atoms with Gasteiger partial charge in [-0.15, -0.1) is 0 Å². The molecular formula is C33H33ClN4O3. The zero-order valence-corrected chi connectivity index (χ0v) is 24.2. The van der Waals surface area contributed by atoms with Crippen LogP contribution in [0.4, 0.5) is 0 Å². The van der Waals surface area contributed by atoms with Gasteiger partial charge in [-0.05, 0) is 68.8 Å². The Morgan fingerprint density at radius 2 is 1.68 bits per heavy atom. The van der Waals surface area contributed by atoms with Crippen molar-refractivity contribution in [2.45, 2.75) is 33.6 Å². The molecule has 0 spiro atoms. The van der Waals surface area contributed by atoms with Crippen LogP contribution in [0.2, 0.25) is 5.02 Å². The molecule has 0 bridgehead atoms. The molecule has 210 valence electrons. The number of hydrogen-bond donors (Lipinski definition) is 1. The van der Waals surface area contributed by atoms with Crippen LogP contribution in [0.15, 0.2) is 78.9 Å². The second-order valence-electron chi connectivity index (χ2n) is 9.73. The van der Waals surface area contributed by atoms with Crippen molar-refractivity contribution in [1.29, 1.82) is 0 Å². The molecule has 2 heterocycles. The molecule has 0 aliphatic rings. The summed E-state index contributed by atoms with van der Waals surface area (Å²) in [5, 5.41) is 16.3. The number of phenols is 1. The maximum Gasteiger partial charge on any atom is 0.227 e. The van der Waals surface area contributed by atoms with Crippen molar-refractivity contribution in [3.8, 4) is 45.3 Å². The normalized spacial score (nSPS) is 11.1. The molecule has 2 aromatic heterocycles. The van der Waals surface area contributed by atoms with E-state index in [1.807, 2.05) is 74.5 Å². The van der Waals surface area contributed by atoms with E-state index in [0.29, 0.717) is 52.9 Å². The minimum absolute atomic E-state index is 0.00637. The third-order valence-corrected chi connectivity index (χ3v) is 7.27. The minimum atomic E-state index is -0.00637. The second-order valence-corrected chi connectivity index (χ2v) is 10.2. The fourth-order valence-electron chi connectivity index (χ4n) is 4.89. The van der Waals surface area contributed by atoms with Gasteiger partial charge < -0.3 is 14.7 Å². The molecule has 0 unspecified atom stereocenters. The van der Waals surface area contributed by atoms with Crippen LogP contribution < -0.4 is 4.74 Å². The number of aromatic nitrogens is 3. The van der Waals surface area contributed by atoms with Crippen LogP contribution in [0, 0.1) is 0 Å².